The van der Waals surface area contributed by atoms with Gasteiger partial charge >= 0.3 is 0 Å². The maximum Gasteiger partial charge on any atom is 0.164 e. The van der Waals surface area contributed by atoms with Crippen LogP contribution in [0.5, 0.6) is 0 Å². The highest BCUT2D eigenvalue weighted by Crippen LogP contribution is 2.16. The van der Waals surface area contributed by atoms with E-state index in [1.54, 1.807) is 6.33 Å². The van der Waals surface area contributed by atoms with Crippen LogP contribution < -0.4 is 0 Å². The largest absolute Gasteiger partial charge is 0.290 e. The van der Waals surface area contributed by atoms with Crippen LogP contribution in [-0.4, -0.2) is 31.2 Å². The van der Waals surface area contributed by atoms with Gasteiger partial charge in [0.25, 0.3) is 0 Å². The predicted molar refractivity (Wildman–Crippen MR) is 144 cm³/mol. The van der Waals surface area contributed by atoms with E-state index in [1.807, 2.05) is 41.1 Å². The van der Waals surface area contributed by atoms with Gasteiger partial charge in [0.1, 0.15) is 6.33 Å². The molecule has 0 fully saturated rings. The van der Waals surface area contributed by atoms with Gasteiger partial charge in [-0.1, -0.05) is 64.5 Å². The summed E-state index contributed by atoms with van der Waals surface area (Å²) < 4.78 is 2.93. The second-order valence-corrected chi connectivity index (χ2v) is 9.67. The summed E-state index contributed by atoms with van der Waals surface area (Å²) in [5.41, 5.74) is 5.06. The van der Waals surface area contributed by atoms with E-state index in [9.17, 15) is 0 Å². The van der Waals surface area contributed by atoms with Gasteiger partial charge in [0.15, 0.2) is 5.82 Å². The zero-order valence-corrected chi connectivity index (χ0v) is 21.3. The number of fused-ring (bicyclic) bond motifs is 1. The SMILES string of the molecule is N#Cc1ccc(Cn2cnc(CN(CCc3ccc(Br)cc3)Cc3ccc4ccccc4n3)n2)cc1. The van der Waals surface area contributed by atoms with Crippen molar-refractivity contribution in [3.8, 4) is 6.07 Å². The lowest BCUT2D eigenvalue weighted by Crippen LogP contribution is -2.26. The molecule has 0 saturated carbocycles. The molecule has 0 N–H and O–H groups in total. The molecule has 3 aromatic carbocycles. The predicted octanol–water partition coefficient (Wildman–Crippen LogP) is 5.75. The molecule has 0 unspecified atom stereocenters. The number of benzene rings is 3. The Labute approximate surface area is 219 Å². The third-order valence-electron chi connectivity index (χ3n) is 6.05. The average molecular weight is 537 g/mol. The summed E-state index contributed by atoms with van der Waals surface area (Å²) >= 11 is 3.52. The van der Waals surface area contributed by atoms with Gasteiger partial charge in [-0.2, -0.15) is 10.4 Å². The molecule has 5 aromatic rings. The van der Waals surface area contributed by atoms with Crippen LogP contribution in [0, 0.1) is 11.3 Å². The van der Waals surface area contributed by atoms with Crippen LogP contribution >= 0.6 is 15.9 Å². The van der Waals surface area contributed by atoms with E-state index in [-0.39, 0.29) is 0 Å². The first-order chi connectivity index (χ1) is 17.6. The third kappa shape index (κ3) is 6.22. The first-order valence-corrected chi connectivity index (χ1v) is 12.6. The minimum absolute atomic E-state index is 0.615. The number of para-hydroxylation sites is 1. The summed E-state index contributed by atoms with van der Waals surface area (Å²) in [6, 6.07) is 30.6. The maximum absolute atomic E-state index is 9.00. The van der Waals surface area contributed by atoms with Crippen molar-refractivity contribution in [3.63, 3.8) is 0 Å². The number of nitrogens with zero attached hydrogens (tertiary/aromatic N) is 6. The fourth-order valence-corrected chi connectivity index (χ4v) is 4.40. The molecule has 2 heterocycles. The Balaban J connectivity index is 1.30. The molecule has 0 aliphatic heterocycles. The number of halogens is 1. The minimum Gasteiger partial charge on any atom is -0.290 e. The average Bonchev–Trinajstić information content (AvgIpc) is 3.35. The Bertz CT molecular complexity index is 1490. The highest BCUT2D eigenvalue weighted by atomic mass is 79.9. The molecule has 0 spiro atoms. The Morgan fingerprint density at radius 1 is 0.861 bits per heavy atom. The summed E-state index contributed by atoms with van der Waals surface area (Å²) in [5, 5.41) is 14.9. The number of aromatic nitrogens is 4. The Morgan fingerprint density at radius 2 is 1.64 bits per heavy atom. The smallest absolute Gasteiger partial charge is 0.164 e. The molecule has 0 aliphatic rings. The number of nitriles is 1. The van der Waals surface area contributed by atoms with Gasteiger partial charge in [-0.15, -0.1) is 0 Å². The van der Waals surface area contributed by atoms with Crippen molar-refractivity contribution in [3.05, 3.63) is 124 Å². The van der Waals surface area contributed by atoms with Crippen molar-refractivity contribution in [2.75, 3.05) is 6.54 Å². The van der Waals surface area contributed by atoms with E-state index in [4.69, 9.17) is 15.3 Å². The first kappa shape index (κ1) is 23.9. The molecule has 7 heteroatoms. The molecule has 0 aliphatic carbocycles. The van der Waals surface area contributed by atoms with Crippen molar-refractivity contribution >= 4 is 26.8 Å². The quantitative estimate of drug-likeness (QED) is 0.239. The molecule has 36 heavy (non-hydrogen) atoms. The fourth-order valence-electron chi connectivity index (χ4n) is 4.13. The van der Waals surface area contributed by atoms with Crippen LogP contribution in [0.4, 0.5) is 0 Å². The van der Waals surface area contributed by atoms with E-state index in [0.717, 1.165) is 45.4 Å². The van der Waals surface area contributed by atoms with Gasteiger partial charge in [0, 0.05) is 22.9 Å². The highest BCUT2D eigenvalue weighted by Gasteiger charge is 2.13. The molecule has 6 nitrogen and oxygen atoms in total. The third-order valence-corrected chi connectivity index (χ3v) is 6.58. The van der Waals surface area contributed by atoms with Crippen LogP contribution in [0.3, 0.4) is 0 Å². The summed E-state index contributed by atoms with van der Waals surface area (Å²) in [5.74, 6) is 0.778. The molecule has 0 saturated heterocycles. The van der Waals surface area contributed by atoms with Gasteiger partial charge in [-0.3, -0.25) is 9.88 Å². The lowest BCUT2D eigenvalue weighted by Gasteiger charge is -2.21. The van der Waals surface area contributed by atoms with Crippen molar-refractivity contribution in [2.45, 2.75) is 26.1 Å². The zero-order valence-electron chi connectivity index (χ0n) is 19.8. The second-order valence-electron chi connectivity index (χ2n) is 8.75. The molecule has 2 aromatic heterocycles. The van der Waals surface area contributed by atoms with Gasteiger partial charge in [0.05, 0.1) is 35.9 Å². The van der Waals surface area contributed by atoms with Crippen molar-refractivity contribution < 1.29 is 0 Å². The number of hydrogen-bond acceptors (Lipinski definition) is 5. The number of rotatable bonds is 9. The van der Waals surface area contributed by atoms with E-state index >= 15 is 0 Å². The zero-order chi connectivity index (χ0) is 24.7. The van der Waals surface area contributed by atoms with Crippen molar-refractivity contribution in [1.29, 1.82) is 5.26 Å². The molecular weight excluding hydrogens is 512 g/mol. The van der Waals surface area contributed by atoms with Crippen LogP contribution in [0.2, 0.25) is 0 Å². The Morgan fingerprint density at radius 3 is 2.44 bits per heavy atom. The van der Waals surface area contributed by atoms with E-state index in [0.29, 0.717) is 25.2 Å². The monoisotopic (exact) mass is 536 g/mol. The molecule has 0 bridgehead atoms. The highest BCUT2D eigenvalue weighted by molar-refractivity contribution is 9.10. The standard InChI is InChI=1S/C29H25BrN6/c30-26-12-9-22(10-13-26)15-16-35(19-27-14-11-25-3-1-2-4-28(25)33-27)20-29-32-21-36(34-29)18-24-7-5-23(17-31)6-8-24/h1-14,21H,15-16,18-20H2. The van der Waals surface area contributed by atoms with Crippen LogP contribution in [0.1, 0.15) is 28.2 Å². The summed E-state index contributed by atoms with van der Waals surface area (Å²) in [7, 11) is 0. The Kier molecular flexibility index (Phi) is 7.46. The van der Waals surface area contributed by atoms with Gasteiger partial charge in [-0.05, 0) is 53.9 Å². The van der Waals surface area contributed by atoms with Crippen LogP contribution in [0.25, 0.3) is 10.9 Å². The van der Waals surface area contributed by atoms with Crippen LogP contribution in [-0.2, 0) is 26.1 Å². The Hall–Kier alpha value is -3.86. The number of hydrogen-bond donors (Lipinski definition) is 0. The fraction of sp³-hybridized carbons (Fsp3) is 0.172. The molecule has 0 atom stereocenters. The lowest BCUT2D eigenvalue weighted by molar-refractivity contribution is 0.250. The van der Waals surface area contributed by atoms with Crippen LogP contribution in [0.15, 0.2) is 95.7 Å². The van der Waals surface area contributed by atoms with E-state index in [1.165, 1.54) is 5.56 Å². The molecule has 5 rings (SSSR count). The molecule has 0 radical (unpaired) electrons. The number of pyridine rings is 1. The second kappa shape index (κ2) is 11.3. The molecule has 0 amide bonds. The maximum atomic E-state index is 9.00. The summed E-state index contributed by atoms with van der Waals surface area (Å²) in [6.45, 7) is 2.82. The van der Waals surface area contributed by atoms with Crippen molar-refractivity contribution in [1.82, 2.24) is 24.6 Å². The summed E-state index contributed by atoms with van der Waals surface area (Å²) in [4.78, 5) is 11.8. The van der Waals surface area contributed by atoms with E-state index < -0.39 is 0 Å². The van der Waals surface area contributed by atoms with Crippen molar-refractivity contribution in [2.24, 2.45) is 0 Å². The topological polar surface area (TPSA) is 70.6 Å². The lowest BCUT2D eigenvalue weighted by atomic mass is 10.1. The minimum atomic E-state index is 0.615. The normalized spacial score (nSPS) is 11.1. The van der Waals surface area contributed by atoms with Gasteiger partial charge in [-0.25, -0.2) is 9.67 Å². The molecular formula is C29H25BrN6. The molecule has 178 valence electrons. The van der Waals surface area contributed by atoms with Gasteiger partial charge < -0.3 is 0 Å². The van der Waals surface area contributed by atoms with Gasteiger partial charge in [0.2, 0.25) is 0 Å². The summed E-state index contributed by atoms with van der Waals surface area (Å²) in [6.07, 6.45) is 2.70. The first-order valence-electron chi connectivity index (χ1n) is 11.8. The van der Waals surface area contributed by atoms with E-state index in [2.05, 4.69) is 80.4 Å².